The van der Waals surface area contributed by atoms with E-state index in [2.05, 4.69) is 27.5 Å². The van der Waals surface area contributed by atoms with Gasteiger partial charge >= 0.3 is 0 Å². The molecule has 0 aromatic carbocycles. The molecule has 102 valence electrons. The zero-order valence-corrected chi connectivity index (χ0v) is 11.6. The van der Waals surface area contributed by atoms with Crippen molar-refractivity contribution < 1.29 is 4.42 Å². The molecule has 0 aliphatic carbocycles. The van der Waals surface area contributed by atoms with E-state index in [0.29, 0.717) is 0 Å². The Morgan fingerprint density at radius 1 is 1.32 bits per heavy atom. The van der Waals surface area contributed by atoms with Crippen molar-refractivity contribution in [2.24, 2.45) is 0 Å². The number of nitrogens with zero attached hydrogens (tertiary/aromatic N) is 2. The minimum atomic E-state index is 0.0732. The molecule has 2 heterocycles. The number of furan rings is 1. The van der Waals surface area contributed by atoms with Gasteiger partial charge in [-0.1, -0.05) is 6.92 Å². The van der Waals surface area contributed by atoms with Crippen LogP contribution in [0.1, 0.15) is 37.9 Å². The van der Waals surface area contributed by atoms with E-state index in [1.54, 1.807) is 6.26 Å². The van der Waals surface area contributed by atoms with E-state index in [9.17, 15) is 0 Å². The van der Waals surface area contributed by atoms with Gasteiger partial charge in [-0.05, 0) is 25.5 Å². The highest BCUT2D eigenvalue weighted by Crippen LogP contribution is 2.20. The van der Waals surface area contributed by atoms with Crippen molar-refractivity contribution in [3.8, 4) is 0 Å². The summed E-state index contributed by atoms with van der Waals surface area (Å²) in [6, 6.07) is 5.81. The highest BCUT2D eigenvalue weighted by Gasteiger charge is 2.10. The maximum Gasteiger partial charge on any atom is 0.133 e. The van der Waals surface area contributed by atoms with Crippen molar-refractivity contribution >= 4 is 11.6 Å². The summed E-state index contributed by atoms with van der Waals surface area (Å²) in [6.45, 7) is 4.16. The summed E-state index contributed by atoms with van der Waals surface area (Å²) >= 11 is 0. The Labute approximate surface area is 113 Å². The number of nitrogens with one attached hydrogen (secondary N) is 2. The largest absolute Gasteiger partial charge is 0.467 e. The third kappa shape index (κ3) is 3.47. The fourth-order valence-electron chi connectivity index (χ4n) is 1.87. The molecule has 0 aliphatic rings. The number of rotatable bonds is 6. The number of hydrogen-bond acceptors (Lipinski definition) is 5. The van der Waals surface area contributed by atoms with Gasteiger partial charge in [-0.25, -0.2) is 9.97 Å². The molecule has 5 heteroatoms. The van der Waals surface area contributed by atoms with Crippen molar-refractivity contribution in [2.45, 2.75) is 32.7 Å². The Bertz CT molecular complexity index is 510. The van der Waals surface area contributed by atoms with E-state index in [4.69, 9.17) is 4.42 Å². The van der Waals surface area contributed by atoms with Gasteiger partial charge in [-0.15, -0.1) is 0 Å². The highest BCUT2D eigenvalue weighted by molar-refractivity contribution is 5.48. The normalized spacial score (nSPS) is 12.2. The second-order valence-corrected chi connectivity index (χ2v) is 4.44. The van der Waals surface area contributed by atoms with E-state index < -0.39 is 0 Å². The van der Waals surface area contributed by atoms with Crippen molar-refractivity contribution in [1.29, 1.82) is 0 Å². The van der Waals surface area contributed by atoms with E-state index in [1.807, 2.05) is 32.2 Å². The first kappa shape index (κ1) is 13.4. The lowest BCUT2D eigenvalue weighted by Crippen LogP contribution is -2.10. The summed E-state index contributed by atoms with van der Waals surface area (Å²) in [4.78, 5) is 8.94. The Kier molecular flexibility index (Phi) is 4.39. The second-order valence-electron chi connectivity index (χ2n) is 4.44. The van der Waals surface area contributed by atoms with Crippen molar-refractivity contribution in [2.75, 3.05) is 17.7 Å². The molecule has 0 bridgehead atoms. The van der Waals surface area contributed by atoms with Gasteiger partial charge in [0.1, 0.15) is 23.2 Å². The average molecular weight is 260 g/mol. The van der Waals surface area contributed by atoms with Crippen molar-refractivity contribution in [3.05, 3.63) is 36.0 Å². The van der Waals surface area contributed by atoms with Gasteiger partial charge in [0.15, 0.2) is 0 Å². The first-order valence-electron chi connectivity index (χ1n) is 6.58. The molecule has 0 amide bonds. The number of anilines is 2. The fraction of sp³-hybridized carbons (Fsp3) is 0.429. The quantitative estimate of drug-likeness (QED) is 0.834. The van der Waals surface area contributed by atoms with Crippen LogP contribution in [-0.4, -0.2) is 17.0 Å². The molecular weight excluding hydrogens is 240 g/mol. The molecule has 0 saturated carbocycles. The summed E-state index contributed by atoms with van der Waals surface area (Å²) in [5, 5.41) is 6.39. The molecule has 1 unspecified atom stereocenters. The van der Waals surface area contributed by atoms with Crippen LogP contribution in [0, 0.1) is 0 Å². The summed E-state index contributed by atoms with van der Waals surface area (Å²) in [7, 11) is 1.86. The van der Waals surface area contributed by atoms with Gasteiger partial charge in [0.2, 0.25) is 0 Å². The van der Waals surface area contributed by atoms with E-state index in [-0.39, 0.29) is 6.04 Å². The fourth-order valence-corrected chi connectivity index (χ4v) is 1.87. The van der Waals surface area contributed by atoms with Crippen LogP contribution in [0.15, 0.2) is 28.9 Å². The lowest BCUT2D eigenvalue weighted by Gasteiger charge is -2.14. The predicted molar refractivity (Wildman–Crippen MR) is 76.3 cm³/mol. The second kappa shape index (κ2) is 6.22. The topological polar surface area (TPSA) is 63.0 Å². The van der Waals surface area contributed by atoms with Crippen molar-refractivity contribution in [1.82, 2.24) is 9.97 Å². The minimum absolute atomic E-state index is 0.0732. The van der Waals surface area contributed by atoms with Crippen LogP contribution in [0.5, 0.6) is 0 Å². The Hall–Kier alpha value is -2.04. The minimum Gasteiger partial charge on any atom is -0.467 e. The molecule has 2 rings (SSSR count). The van der Waals surface area contributed by atoms with Crippen LogP contribution >= 0.6 is 0 Å². The maximum absolute atomic E-state index is 5.38. The van der Waals surface area contributed by atoms with E-state index in [1.165, 1.54) is 0 Å². The molecule has 2 aromatic heterocycles. The molecule has 2 aromatic rings. The highest BCUT2D eigenvalue weighted by atomic mass is 16.3. The monoisotopic (exact) mass is 260 g/mol. The van der Waals surface area contributed by atoms with Gasteiger partial charge in [0.25, 0.3) is 0 Å². The molecule has 0 fully saturated rings. The van der Waals surface area contributed by atoms with Crippen LogP contribution < -0.4 is 10.6 Å². The summed E-state index contributed by atoms with van der Waals surface area (Å²) < 4.78 is 5.38. The molecule has 0 saturated heterocycles. The van der Waals surface area contributed by atoms with Gasteiger partial charge in [-0.2, -0.15) is 0 Å². The third-order valence-electron chi connectivity index (χ3n) is 2.84. The van der Waals surface area contributed by atoms with Gasteiger partial charge < -0.3 is 15.1 Å². The molecule has 5 nitrogen and oxygen atoms in total. The predicted octanol–water partition coefficient (Wildman–Crippen LogP) is 3.24. The average Bonchev–Trinajstić information content (AvgIpc) is 2.92. The van der Waals surface area contributed by atoms with Crippen LogP contribution in [0.25, 0.3) is 0 Å². The molecule has 2 N–H and O–H groups in total. The zero-order chi connectivity index (χ0) is 13.7. The number of aryl methyl sites for hydroxylation is 1. The smallest absolute Gasteiger partial charge is 0.133 e. The Balaban J connectivity index is 2.16. The van der Waals surface area contributed by atoms with E-state index in [0.717, 1.165) is 36.1 Å². The lowest BCUT2D eigenvalue weighted by atomic mass is 10.2. The van der Waals surface area contributed by atoms with Gasteiger partial charge in [0.05, 0.1) is 12.3 Å². The van der Waals surface area contributed by atoms with Crippen LogP contribution in [0.3, 0.4) is 0 Å². The lowest BCUT2D eigenvalue weighted by molar-refractivity contribution is 0.490. The van der Waals surface area contributed by atoms with Crippen LogP contribution in [0.4, 0.5) is 11.6 Å². The first-order valence-corrected chi connectivity index (χ1v) is 6.58. The molecule has 19 heavy (non-hydrogen) atoms. The summed E-state index contributed by atoms with van der Waals surface area (Å²) in [5.74, 6) is 3.38. The van der Waals surface area contributed by atoms with Crippen molar-refractivity contribution in [3.63, 3.8) is 0 Å². The van der Waals surface area contributed by atoms with Crippen LogP contribution in [-0.2, 0) is 6.42 Å². The maximum atomic E-state index is 5.38. The standard InChI is InChI=1S/C14H20N4O/c1-4-6-12-17-13(15-3)9-14(18-12)16-10(2)11-7-5-8-19-11/h5,7-10H,4,6H2,1-3H3,(H2,15,16,17,18). The molecule has 0 spiro atoms. The molecular formula is C14H20N4O. The third-order valence-corrected chi connectivity index (χ3v) is 2.84. The zero-order valence-electron chi connectivity index (χ0n) is 11.6. The van der Waals surface area contributed by atoms with Gasteiger partial charge in [0, 0.05) is 19.5 Å². The summed E-state index contributed by atoms with van der Waals surface area (Å²) in [6.07, 6.45) is 3.58. The Morgan fingerprint density at radius 3 is 2.74 bits per heavy atom. The van der Waals surface area contributed by atoms with E-state index >= 15 is 0 Å². The van der Waals surface area contributed by atoms with Gasteiger partial charge in [-0.3, -0.25) is 0 Å². The summed E-state index contributed by atoms with van der Waals surface area (Å²) in [5.41, 5.74) is 0. The number of hydrogen-bond donors (Lipinski definition) is 2. The first-order chi connectivity index (χ1) is 9.22. The van der Waals surface area contributed by atoms with Crippen LogP contribution in [0.2, 0.25) is 0 Å². The molecule has 0 aliphatic heterocycles. The Morgan fingerprint density at radius 2 is 2.11 bits per heavy atom. The number of aromatic nitrogens is 2. The molecule has 1 atom stereocenters. The molecule has 0 radical (unpaired) electrons. The SMILES string of the molecule is CCCc1nc(NC)cc(NC(C)c2ccco2)n1.